The molecule has 1 fully saturated rings. The Morgan fingerprint density at radius 2 is 2.53 bits per heavy atom. The minimum absolute atomic E-state index is 0.00797. The van der Waals surface area contributed by atoms with Gasteiger partial charge in [0.25, 0.3) is 5.91 Å². The van der Waals surface area contributed by atoms with Gasteiger partial charge >= 0.3 is 0 Å². The smallest absolute Gasteiger partial charge is 0.259 e. The van der Waals surface area contributed by atoms with Gasteiger partial charge in [-0.3, -0.25) is 4.79 Å². The molecule has 0 bridgehead atoms. The first-order valence-electron chi connectivity index (χ1n) is 6.03. The highest BCUT2D eigenvalue weighted by Crippen LogP contribution is 2.21. The van der Waals surface area contributed by atoms with Crippen molar-refractivity contribution < 1.29 is 14.4 Å². The van der Waals surface area contributed by atoms with Crippen LogP contribution in [-0.2, 0) is 0 Å². The van der Waals surface area contributed by atoms with Crippen LogP contribution in [0.3, 0.4) is 0 Å². The van der Waals surface area contributed by atoms with Gasteiger partial charge in [-0.25, -0.2) is 0 Å². The molecule has 0 spiro atoms. The van der Waals surface area contributed by atoms with Gasteiger partial charge in [0, 0.05) is 19.7 Å². The van der Waals surface area contributed by atoms with Gasteiger partial charge in [-0.05, 0) is 32.1 Å². The van der Waals surface area contributed by atoms with Crippen LogP contribution in [0.4, 0.5) is 0 Å². The number of hydrogen-bond acceptors (Lipinski definition) is 4. The molecular formula is C12H18N2O3. The summed E-state index contributed by atoms with van der Waals surface area (Å²) in [6.07, 6.45) is 4.34. The van der Waals surface area contributed by atoms with Gasteiger partial charge in [0.05, 0.1) is 6.20 Å². The quantitative estimate of drug-likeness (QED) is 0.859. The Bertz CT molecular complexity index is 387. The average Bonchev–Trinajstić information content (AvgIpc) is 2.75. The maximum Gasteiger partial charge on any atom is 0.259 e. The third-order valence-electron chi connectivity index (χ3n) is 3.32. The second kappa shape index (κ2) is 5.31. The van der Waals surface area contributed by atoms with Crippen molar-refractivity contribution in [3.05, 3.63) is 17.5 Å². The molecule has 94 valence electrons. The van der Waals surface area contributed by atoms with Crippen LogP contribution in [0.5, 0.6) is 0 Å². The molecule has 1 unspecified atom stereocenters. The molecule has 1 N–H and O–H groups in total. The molecule has 5 nitrogen and oxygen atoms in total. The van der Waals surface area contributed by atoms with Crippen molar-refractivity contribution in [1.29, 1.82) is 0 Å². The maximum atomic E-state index is 12.2. The second-order valence-electron chi connectivity index (χ2n) is 4.57. The van der Waals surface area contributed by atoms with Crippen LogP contribution < -0.4 is 0 Å². The number of carbonyl (C=O) groups is 1. The van der Waals surface area contributed by atoms with Gasteiger partial charge in [0.2, 0.25) is 0 Å². The van der Waals surface area contributed by atoms with E-state index in [1.165, 1.54) is 6.20 Å². The third kappa shape index (κ3) is 2.66. The van der Waals surface area contributed by atoms with E-state index in [-0.39, 0.29) is 12.5 Å². The molecule has 1 saturated heterocycles. The average molecular weight is 238 g/mol. The summed E-state index contributed by atoms with van der Waals surface area (Å²) in [4.78, 5) is 14.0. The fourth-order valence-electron chi connectivity index (χ4n) is 2.34. The summed E-state index contributed by atoms with van der Waals surface area (Å²) in [6.45, 7) is 3.45. The topological polar surface area (TPSA) is 66.6 Å². The minimum atomic E-state index is -0.00797. The highest BCUT2D eigenvalue weighted by Gasteiger charge is 2.26. The zero-order valence-electron chi connectivity index (χ0n) is 10.1. The van der Waals surface area contributed by atoms with Crippen LogP contribution in [-0.4, -0.2) is 40.8 Å². The van der Waals surface area contributed by atoms with Crippen LogP contribution >= 0.6 is 0 Å². The van der Waals surface area contributed by atoms with E-state index >= 15 is 0 Å². The predicted octanol–water partition coefficient (Wildman–Crippen LogP) is 1.22. The molecule has 0 aromatic carbocycles. The number of carbonyl (C=O) groups excluding carboxylic acids is 1. The number of aliphatic hydroxyl groups excluding tert-OH is 1. The molecule has 17 heavy (non-hydrogen) atoms. The fourth-order valence-corrected chi connectivity index (χ4v) is 2.34. The van der Waals surface area contributed by atoms with Crippen molar-refractivity contribution >= 4 is 5.91 Å². The van der Waals surface area contributed by atoms with Gasteiger partial charge in [0.1, 0.15) is 11.3 Å². The number of amides is 1. The molecule has 1 aliphatic rings. The second-order valence-corrected chi connectivity index (χ2v) is 4.57. The van der Waals surface area contributed by atoms with Crippen molar-refractivity contribution in [3.8, 4) is 0 Å². The molecule has 1 aliphatic heterocycles. The highest BCUT2D eigenvalue weighted by molar-refractivity contribution is 5.94. The van der Waals surface area contributed by atoms with Crippen molar-refractivity contribution in [3.63, 3.8) is 0 Å². The third-order valence-corrected chi connectivity index (χ3v) is 3.32. The van der Waals surface area contributed by atoms with E-state index < -0.39 is 0 Å². The summed E-state index contributed by atoms with van der Waals surface area (Å²) in [5.74, 6) is 0.975. The van der Waals surface area contributed by atoms with E-state index in [2.05, 4.69) is 5.16 Å². The van der Waals surface area contributed by atoms with Crippen LogP contribution in [0.1, 0.15) is 35.4 Å². The van der Waals surface area contributed by atoms with Gasteiger partial charge in [-0.2, -0.15) is 0 Å². The predicted molar refractivity (Wildman–Crippen MR) is 61.6 cm³/mol. The van der Waals surface area contributed by atoms with E-state index in [1.807, 2.05) is 4.90 Å². The number of rotatable bonds is 3. The summed E-state index contributed by atoms with van der Waals surface area (Å²) in [7, 11) is 0. The first-order chi connectivity index (χ1) is 8.22. The first kappa shape index (κ1) is 12.1. The molecule has 0 radical (unpaired) electrons. The molecule has 0 saturated carbocycles. The van der Waals surface area contributed by atoms with Crippen molar-refractivity contribution in [1.82, 2.24) is 10.1 Å². The van der Waals surface area contributed by atoms with E-state index in [0.717, 1.165) is 32.4 Å². The van der Waals surface area contributed by atoms with Crippen molar-refractivity contribution in [2.45, 2.75) is 26.2 Å². The Morgan fingerprint density at radius 3 is 3.18 bits per heavy atom. The molecule has 5 heteroatoms. The Hall–Kier alpha value is -1.36. The monoisotopic (exact) mass is 238 g/mol. The summed E-state index contributed by atoms with van der Waals surface area (Å²) < 4.78 is 4.91. The number of aromatic nitrogens is 1. The zero-order chi connectivity index (χ0) is 12.3. The van der Waals surface area contributed by atoms with E-state index in [4.69, 9.17) is 9.63 Å². The first-order valence-corrected chi connectivity index (χ1v) is 6.03. The van der Waals surface area contributed by atoms with Crippen LogP contribution in [0.2, 0.25) is 0 Å². The Labute approximate surface area is 100 Å². The van der Waals surface area contributed by atoms with Crippen LogP contribution in [0.25, 0.3) is 0 Å². The minimum Gasteiger partial charge on any atom is -0.396 e. The Balaban J connectivity index is 2.02. The van der Waals surface area contributed by atoms with Crippen molar-refractivity contribution in [2.24, 2.45) is 5.92 Å². The number of nitrogens with zero attached hydrogens (tertiary/aromatic N) is 2. The van der Waals surface area contributed by atoms with E-state index in [9.17, 15) is 4.79 Å². The maximum absolute atomic E-state index is 12.2. The Morgan fingerprint density at radius 1 is 1.71 bits per heavy atom. The lowest BCUT2D eigenvalue weighted by atomic mass is 9.95. The van der Waals surface area contributed by atoms with Crippen LogP contribution in [0, 0.1) is 12.8 Å². The Kier molecular flexibility index (Phi) is 3.78. The summed E-state index contributed by atoms with van der Waals surface area (Å²) in [5.41, 5.74) is 0.551. The fraction of sp³-hybridized carbons (Fsp3) is 0.667. The van der Waals surface area contributed by atoms with Crippen molar-refractivity contribution in [2.75, 3.05) is 19.7 Å². The molecule has 1 aromatic heterocycles. The number of hydrogen-bond donors (Lipinski definition) is 1. The largest absolute Gasteiger partial charge is 0.396 e. The lowest BCUT2D eigenvalue weighted by molar-refractivity contribution is 0.0652. The molecule has 2 heterocycles. The normalized spacial score (nSPS) is 20.6. The van der Waals surface area contributed by atoms with E-state index in [1.54, 1.807) is 6.92 Å². The number of aliphatic hydroxyl groups is 1. The molecule has 1 atom stereocenters. The lowest BCUT2D eigenvalue weighted by Gasteiger charge is -2.32. The van der Waals surface area contributed by atoms with Crippen LogP contribution in [0.15, 0.2) is 10.7 Å². The van der Waals surface area contributed by atoms with Gasteiger partial charge in [0.15, 0.2) is 0 Å². The molecule has 1 amide bonds. The molecule has 0 aliphatic carbocycles. The highest BCUT2D eigenvalue weighted by atomic mass is 16.5. The standard InChI is InChI=1S/C12H18N2O3/c1-9-11(7-13-17-9)12(16)14-5-2-3-10(8-14)4-6-15/h7,10,15H,2-6,8H2,1H3. The molecule has 2 rings (SSSR count). The summed E-state index contributed by atoms with van der Waals surface area (Å²) in [5, 5.41) is 12.6. The molecular weight excluding hydrogens is 220 g/mol. The van der Waals surface area contributed by atoms with E-state index in [0.29, 0.717) is 17.2 Å². The number of aryl methyl sites for hydroxylation is 1. The van der Waals surface area contributed by atoms with Gasteiger partial charge < -0.3 is 14.5 Å². The number of piperidine rings is 1. The zero-order valence-corrected chi connectivity index (χ0v) is 10.1. The van der Waals surface area contributed by atoms with Gasteiger partial charge in [-0.15, -0.1) is 0 Å². The SMILES string of the molecule is Cc1oncc1C(=O)N1CCCC(CCO)C1. The summed E-state index contributed by atoms with van der Waals surface area (Å²) in [6, 6.07) is 0. The summed E-state index contributed by atoms with van der Waals surface area (Å²) >= 11 is 0. The molecule has 1 aromatic rings. The van der Waals surface area contributed by atoms with Gasteiger partial charge in [-0.1, -0.05) is 5.16 Å². The lowest BCUT2D eigenvalue weighted by Crippen LogP contribution is -2.40. The number of likely N-dealkylation sites (tertiary alicyclic amines) is 1.